The Bertz CT molecular complexity index is 202. The molecule has 0 fully saturated rings. The van der Waals surface area contributed by atoms with Gasteiger partial charge >= 0.3 is 0 Å². The summed E-state index contributed by atoms with van der Waals surface area (Å²) < 4.78 is 0. The molecule has 0 radical (unpaired) electrons. The fraction of sp³-hybridized carbons (Fsp3) is 0.400. The lowest BCUT2D eigenvalue weighted by atomic mass is 10.5. The Morgan fingerprint density at radius 3 is 2.60 bits per heavy atom. The van der Waals surface area contributed by atoms with Crippen LogP contribution in [0.4, 0.5) is 0 Å². The van der Waals surface area contributed by atoms with E-state index in [1.165, 1.54) is 11.8 Å². The molecule has 1 atom stereocenters. The molecule has 5 heteroatoms. The molecule has 2 N–H and O–H groups in total. The molecular weight excluding hydrogens is 170 g/mol. The first-order valence-electron chi connectivity index (χ1n) is 2.63. The van der Waals surface area contributed by atoms with Crippen LogP contribution in [-0.4, -0.2) is 23.5 Å². The summed E-state index contributed by atoms with van der Waals surface area (Å²) in [6.45, 7) is 0. The average molecular weight is 177 g/mol. The van der Waals surface area contributed by atoms with Crippen molar-refractivity contribution in [2.45, 2.75) is 6.23 Å². The zero-order chi connectivity index (χ0) is 7.72. The van der Waals surface area contributed by atoms with E-state index in [0.29, 0.717) is 9.81 Å². The highest BCUT2D eigenvalue weighted by atomic mass is 32.2. The van der Waals surface area contributed by atoms with E-state index in [1.54, 1.807) is 6.26 Å². The number of hydrogen-bond acceptors (Lipinski definition) is 4. The van der Waals surface area contributed by atoms with Crippen molar-refractivity contribution in [3.05, 3.63) is 9.81 Å². The highest BCUT2D eigenvalue weighted by Crippen LogP contribution is 2.26. The van der Waals surface area contributed by atoms with Gasteiger partial charge in [0.2, 0.25) is 0 Å². The number of aliphatic hydroxyl groups is 1. The van der Waals surface area contributed by atoms with E-state index in [2.05, 4.69) is 17.9 Å². The number of hydrogen-bond donors (Lipinski definition) is 3. The fourth-order valence-corrected chi connectivity index (χ4v) is 1.70. The van der Waals surface area contributed by atoms with E-state index < -0.39 is 6.23 Å². The first-order valence-corrected chi connectivity index (χ1v) is 4.30. The smallest absolute Gasteiger partial charge is 0.260 e. The van der Waals surface area contributed by atoms with Crippen molar-refractivity contribution >= 4 is 30.3 Å². The van der Waals surface area contributed by atoms with Crippen LogP contribution in [0, 0.1) is 0 Å². The molecule has 0 spiro atoms. The molecule has 1 amide bonds. The molecule has 1 aliphatic rings. The summed E-state index contributed by atoms with van der Waals surface area (Å²) in [5, 5.41) is 11.3. The number of nitrogens with one attached hydrogen (secondary N) is 1. The molecule has 0 saturated heterocycles. The van der Waals surface area contributed by atoms with Gasteiger partial charge in [-0.1, -0.05) is 0 Å². The van der Waals surface area contributed by atoms with E-state index in [4.69, 9.17) is 5.11 Å². The van der Waals surface area contributed by atoms with Crippen molar-refractivity contribution in [1.29, 1.82) is 0 Å². The van der Waals surface area contributed by atoms with Crippen molar-refractivity contribution in [1.82, 2.24) is 5.32 Å². The number of amides is 1. The zero-order valence-corrected chi connectivity index (χ0v) is 7.00. The van der Waals surface area contributed by atoms with Crippen LogP contribution < -0.4 is 5.32 Å². The second kappa shape index (κ2) is 2.86. The zero-order valence-electron chi connectivity index (χ0n) is 5.29. The monoisotopic (exact) mass is 177 g/mol. The maximum Gasteiger partial charge on any atom is 0.260 e. The minimum absolute atomic E-state index is 0.245. The summed E-state index contributed by atoms with van der Waals surface area (Å²) in [7, 11) is 0. The van der Waals surface area contributed by atoms with Gasteiger partial charge in [-0.25, -0.2) is 0 Å². The molecule has 0 saturated carbocycles. The summed E-state index contributed by atoms with van der Waals surface area (Å²) in [6.07, 6.45) is 0.863. The van der Waals surface area contributed by atoms with Crippen molar-refractivity contribution < 1.29 is 9.90 Å². The largest absolute Gasteiger partial charge is 0.369 e. The van der Waals surface area contributed by atoms with Crippen molar-refractivity contribution in [2.75, 3.05) is 6.26 Å². The molecule has 3 nitrogen and oxygen atoms in total. The van der Waals surface area contributed by atoms with Gasteiger partial charge in [-0.3, -0.25) is 4.79 Å². The number of aliphatic hydroxyl groups excluding tert-OH is 1. The first-order chi connectivity index (χ1) is 4.66. The van der Waals surface area contributed by atoms with Crippen LogP contribution in [0.25, 0.3) is 0 Å². The van der Waals surface area contributed by atoms with Crippen LogP contribution in [0.2, 0.25) is 0 Å². The molecule has 1 aliphatic heterocycles. The Hall–Kier alpha value is -0.130. The third kappa shape index (κ3) is 1.16. The van der Waals surface area contributed by atoms with Gasteiger partial charge in [0.25, 0.3) is 5.91 Å². The van der Waals surface area contributed by atoms with Crippen LogP contribution >= 0.6 is 24.4 Å². The molecule has 1 unspecified atom stereocenters. The van der Waals surface area contributed by atoms with E-state index in [9.17, 15) is 4.79 Å². The van der Waals surface area contributed by atoms with E-state index in [1.807, 2.05) is 0 Å². The average Bonchev–Trinajstić information content (AvgIpc) is 2.09. The molecule has 56 valence electrons. The lowest BCUT2D eigenvalue weighted by molar-refractivity contribution is -0.117. The minimum atomic E-state index is -0.904. The topological polar surface area (TPSA) is 49.3 Å². The summed E-state index contributed by atoms with van der Waals surface area (Å²) in [5.74, 6) is -0.245. The Kier molecular flexibility index (Phi) is 2.28. The molecule has 10 heavy (non-hydrogen) atoms. The van der Waals surface area contributed by atoms with Crippen LogP contribution in [0.15, 0.2) is 9.81 Å². The van der Waals surface area contributed by atoms with E-state index in [0.717, 1.165) is 0 Å². The number of rotatable bonds is 1. The van der Waals surface area contributed by atoms with Gasteiger partial charge in [0, 0.05) is 4.91 Å². The van der Waals surface area contributed by atoms with Gasteiger partial charge < -0.3 is 10.4 Å². The Morgan fingerprint density at radius 1 is 1.80 bits per heavy atom. The van der Waals surface area contributed by atoms with Crippen molar-refractivity contribution in [2.24, 2.45) is 0 Å². The van der Waals surface area contributed by atoms with Gasteiger partial charge in [0.05, 0.1) is 4.91 Å². The summed E-state index contributed by atoms with van der Waals surface area (Å²) in [4.78, 5) is 11.7. The van der Waals surface area contributed by atoms with Gasteiger partial charge in [0.1, 0.15) is 0 Å². The van der Waals surface area contributed by atoms with Crippen LogP contribution in [0.3, 0.4) is 0 Å². The van der Waals surface area contributed by atoms with Crippen LogP contribution in [0.1, 0.15) is 0 Å². The molecule has 1 heterocycles. The summed E-state index contributed by atoms with van der Waals surface area (Å²) >= 11 is 5.23. The maximum atomic E-state index is 10.8. The lowest BCUT2D eigenvalue weighted by Crippen LogP contribution is -2.27. The van der Waals surface area contributed by atoms with E-state index >= 15 is 0 Å². The van der Waals surface area contributed by atoms with Crippen LogP contribution in [-0.2, 0) is 4.79 Å². The van der Waals surface area contributed by atoms with E-state index in [-0.39, 0.29) is 5.91 Å². The highest BCUT2D eigenvalue weighted by Gasteiger charge is 2.26. The molecular formula is C5H7NO2S2. The molecule has 0 aliphatic carbocycles. The maximum absolute atomic E-state index is 10.8. The number of thioether (sulfide) groups is 1. The SMILES string of the molecule is CSC1=C(S)C(O)NC1=O. The molecule has 0 aromatic heterocycles. The Balaban J connectivity index is 2.90. The van der Waals surface area contributed by atoms with Gasteiger partial charge in [-0.05, 0) is 6.26 Å². The fourth-order valence-electron chi connectivity index (χ4n) is 0.696. The second-order valence-electron chi connectivity index (χ2n) is 1.79. The number of carbonyl (C=O) groups is 1. The normalized spacial score (nSPS) is 25.5. The van der Waals surface area contributed by atoms with Crippen molar-refractivity contribution in [3.8, 4) is 0 Å². The quantitative estimate of drug-likeness (QED) is 0.492. The molecule has 0 aromatic carbocycles. The third-order valence-corrected chi connectivity index (χ3v) is 2.60. The second-order valence-corrected chi connectivity index (χ2v) is 3.09. The van der Waals surface area contributed by atoms with Gasteiger partial charge in [-0.2, -0.15) is 0 Å². The highest BCUT2D eigenvalue weighted by molar-refractivity contribution is 8.04. The van der Waals surface area contributed by atoms with Crippen LogP contribution in [0.5, 0.6) is 0 Å². The molecule has 0 bridgehead atoms. The van der Waals surface area contributed by atoms with Gasteiger partial charge in [-0.15, -0.1) is 24.4 Å². The molecule has 0 aromatic rings. The predicted molar refractivity (Wildman–Crippen MR) is 43.7 cm³/mol. The predicted octanol–water partition coefficient (Wildman–Crippen LogP) is -0.0610. The first kappa shape index (κ1) is 7.97. The van der Waals surface area contributed by atoms with Gasteiger partial charge in [0.15, 0.2) is 6.23 Å². The minimum Gasteiger partial charge on any atom is -0.369 e. The lowest BCUT2D eigenvalue weighted by Gasteiger charge is -1.99. The summed E-state index contributed by atoms with van der Waals surface area (Å²) in [6, 6.07) is 0. The Morgan fingerprint density at radius 2 is 2.40 bits per heavy atom. The number of thiol groups is 1. The third-order valence-electron chi connectivity index (χ3n) is 1.17. The Labute approximate surface area is 68.3 Å². The standard InChI is InChI=1S/C5H7NO2S2/c1-10-3-2(9)4(7)6-5(3)8/h4,7,9H,1H3,(H,6,8). The number of carbonyl (C=O) groups excluding carboxylic acids is 1. The van der Waals surface area contributed by atoms with Crippen molar-refractivity contribution in [3.63, 3.8) is 0 Å². The summed E-state index contributed by atoms with van der Waals surface area (Å²) in [5.41, 5.74) is 0. The molecule has 1 rings (SSSR count).